The summed E-state index contributed by atoms with van der Waals surface area (Å²) < 4.78 is 6.19. The first-order valence-corrected chi connectivity index (χ1v) is 6.36. The second-order valence-corrected chi connectivity index (χ2v) is 4.92. The highest BCUT2D eigenvalue weighted by Crippen LogP contribution is 2.13. The van der Waals surface area contributed by atoms with Crippen molar-refractivity contribution in [2.24, 2.45) is 0 Å². The summed E-state index contributed by atoms with van der Waals surface area (Å²) in [6.07, 6.45) is 0. The van der Waals surface area contributed by atoms with E-state index in [0.29, 0.717) is 16.1 Å². The van der Waals surface area contributed by atoms with Gasteiger partial charge in [-0.05, 0) is 43.3 Å². The number of aryl methyl sites for hydroxylation is 1. The number of aromatic nitrogens is 1. The summed E-state index contributed by atoms with van der Waals surface area (Å²) in [5.41, 5.74) is 1.24. The zero-order valence-electron chi connectivity index (χ0n) is 10.6. The maximum Gasteiger partial charge on any atom is 0.426 e. The molecule has 1 aromatic heterocycles. The van der Waals surface area contributed by atoms with Gasteiger partial charge in [0, 0.05) is 5.02 Å². The van der Waals surface area contributed by atoms with Crippen molar-refractivity contribution in [3.05, 3.63) is 74.0 Å². The highest BCUT2D eigenvalue weighted by molar-refractivity contribution is 6.30. The third-order valence-electron chi connectivity index (χ3n) is 3.03. The van der Waals surface area contributed by atoms with E-state index in [1.807, 2.05) is 6.92 Å². The van der Waals surface area contributed by atoms with Gasteiger partial charge in [-0.3, -0.25) is 4.79 Å². The third kappa shape index (κ3) is 2.04. The fourth-order valence-corrected chi connectivity index (χ4v) is 2.18. The van der Waals surface area contributed by atoms with Crippen LogP contribution in [-0.4, -0.2) is 4.57 Å². The lowest BCUT2D eigenvalue weighted by molar-refractivity contribution is 0.504. The lowest BCUT2D eigenvalue weighted by atomic mass is 10.2. The summed E-state index contributed by atoms with van der Waals surface area (Å²) in [7, 11) is 0. The molecule has 5 heteroatoms. The van der Waals surface area contributed by atoms with Crippen molar-refractivity contribution in [1.29, 1.82) is 0 Å². The predicted octanol–water partition coefficient (Wildman–Crippen LogP) is 2.91. The number of rotatable bonds is 1. The molecule has 0 atom stereocenters. The predicted molar refractivity (Wildman–Crippen MR) is 77.8 cm³/mol. The molecule has 0 spiro atoms. The van der Waals surface area contributed by atoms with Crippen LogP contribution in [0.15, 0.2) is 56.5 Å². The maximum absolute atomic E-state index is 12.5. The van der Waals surface area contributed by atoms with E-state index in [1.165, 1.54) is 0 Å². The number of fused-ring (bicyclic) bond motifs is 1. The van der Waals surface area contributed by atoms with Crippen LogP contribution in [0.1, 0.15) is 5.56 Å². The van der Waals surface area contributed by atoms with E-state index in [2.05, 4.69) is 0 Å². The Hall–Kier alpha value is -2.33. The minimum Gasteiger partial charge on any atom is -0.409 e. The van der Waals surface area contributed by atoms with Crippen LogP contribution < -0.4 is 11.3 Å². The molecule has 3 rings (SSSR count). The lowest BCUT2D eigenvalue weighted by Gasteiger charge is -2.05. The van der Waals surface area contributed by atoms with E-state index < -0.39 is 11.3 Å². The van der Waals surface area contributed by atoms with Gasteiger partial charge in [0.05, 0.1) is 11.1 Å². The van der Waals surface area contributed by atoms with Crippen LogP contribution in [0.3, 0.4) is 0 Å². The molecule has 100 valence electrons. The summed E-state index contributed by atoms with van der Waals surface area (Å²) in [4.78, 5) is 24.4. The maximum atomic E-state index is 12.5. The molecular formula is C15H10ClNO3. The number of hydrogen-bond donors (Lipinski definition) is 0. The number of hydrogen-bond acceptors (Lipinski definition) is 3. The Labute approximate surface area is 118 Å². The molecule has 0 aliphatic carbocycles. The molecule has 2 aromatic carbocycles. The van der Waals surface area contributed by atoms with Crippen LogP contribution in [0.4, 0.5) is 0 Å². The van der Waals surface area contributed by atoms with Crippen LogP contribution in [0.5, 0.6) is 0 Å². The smallest absolute Gasteiger partial charge is 0.409 e. The molecule has 0 unspecified atom stereocenters. The van der Waals surface area contributed by atoms with Crippen molar-refractivity contribution in [2.45, 2.75) is 6.92 Å². The van der Waals surface area contributed by atoms with Crippen LogP contribution in [0.2, 0.25) is 5.02 Å². The van der Waals surface area contributed by atoms with Gasteiger partial charge in [-0.1, -0.05) is 23.2 Å². The Balaban J connectivity index is 2.39. The van der Waals surface area contributed by atoms with Crippen molar-refractivity contribution in [2.75, 3.05) is 0 Å². The minimum atomic E-state index is -0.714. The van der Waals surface area contributed by atoms with Gasteiger partial charge in [0.1, 0.15) is 5.58 Å². The summed E-state index contributed by atoms with van der Waals surface area (Å²) in [6, 6.07) is 11.5. The Morgan fingerprint density at radius 3 is 2.45 bits per heavy atom. The van der Waals surface area contributed by atoms with Crippen molar-refractivity contribution in [3.8, 4) is 5.69 Å². The zero-order valence-corrected chi connectivity index (χ0v) is 11.3. The highest BCUT2D eigenvalue weighted by atomic mass is 35.5. The Morgan fingerprint density at radius 1 is 1.05 bits per heavy atom. The molecular weight excluding hydrogens is 278 g/mol. The van der Waals surface area contributed by atoms with Crippen molar-refractivity contribution in [1.82, 2.24) is 4.57 Å². The first-order valence-electron chi connectivity index (χ1n) is 5.99. The fourth-order valence-electron chi connectivity index (χ4n) is 2.06. The van der Waals surface area contributed by atoms with Gasteiger partial charge in [0.2, 0.25) is 0 Å². The Kier molecular flexibility index (Phi) is 2.95. The zero-order chi connectivity index (χ0) is 14.3. The van der Waals surface area contributed by atoms with Crippen molar-refractivity contribution >= 4 is 22.6 Å². The molecule has 0 radical (unpaired) electrons. The summed E-state index contributed by atoms with van der Waals surface area (Å²) in [5.74, 6) is -0.714. The molecule has 1 heterocycles. The van der Waals surface area contributed by atoms with E-state index in [1.54, 1.807) is 42.5 Å². The van der Waals surface area contributed by atoms with Crippen LogP contribution in [-0.2, 0) is 0 Å². The van der Waals surface area contributed by atoms with E-state index in [0.717, 1.165) is 10.1 Å². The fraction of sp³-hybridized carbons (Fsp3) is 0.0667. The van der Waals surface area contributed by atoms with Gasteiger partial charge in [-0.25, -0.2) is 9.36 Å². The Bertz CT molecular complexity index is 907. The number of nitrogens with zero attached hydrogens (tertiary/aromatic N) is 1. The van der Waals surface area contributed by atoms with E-state index in [4.69, 9.17) is 16.0 Å². The van der Waals surface area contributed by atoms with Crippen LogP contribution >= 0.6 is 11.6 Å². The molecule has 0 amide bonds. The third-order valence-corrected chi connectivity index (χ3v) is 3.29. The number of halogens is 1. The first-order chi connectivity index (χ1) is 9.56. The van der Waals surface area contributed by atoms with Crippen LogP contribution in [0.25, 0.3) is 16.7 Å². The molecule has 0 aliphatic heterocycles. The van der Waals surface area contributed by atoms with Crippen LogP contribution in [0, 0.1) is 6.92 Å². The molecule has 0 fully saturated rings. The summed E-state index contributed by atoms with van der Waals surface area (Å²) >= 11 is 5.81. The van der Waals surface area contributed by atoms with E-state index in [-0.39, 0.29) is 5.58 Å². The summed E-state index contributed by atoms with van der Waals surface area (Å²) in [6.45, 7) is 1.87. The molecule has 4 nitrogen and oxygen atoms in total. The molecule has 20 heavy (non-hydrogen) atoms. The van der Waals surface area contributed by atoms with Gasteiger partial charge >= 0.3 is 5.76 Å². The SMILES string of the molecule is Cc1ccc2oc(=O)n(-c3ccc(Cl)cc3)c(=O)c2c1. The average molecular weight is 288 g/mol. The lowest BCUT2D eigenvalue weighted by Crippen LogP contribution is -2.30. The number of benzene rings is 2. The normalized spacial score (nSPS) is 10.9. The minimum absolute atomic E-state index is 0.288. The average Bonchev–Trinajstić information content (AvgIpc) is 2.42. The van der Waals surface area contributed by atoms with Gasteiger partial charge in [-0.15, -0.1) is 0 Å². The monoisotopic (exact) mass is 287 g/mol. The second-order valence-electron chi connectivity index (χ2n) is 4.48. The molecule has 0 N–H and O–H groups in total. The highest BCUT2D eigenvalue weighted by Gasteiger charge is 2.11. The molecule has 3 aromatic rings. The molecule has 0 bridgehead atoms. The van der Waals surface area contributed by atoms with E-state index >= 15 is 0 Å². The van der Waals surface area contributed by atoms with Gasteiger partial charge in [-0.2, -0.15) is 0 Å². The first kappa shape index (κ1) is 12.7. The largest absolute Gasteiger partial charge is 0.426 e. The standard InChI is InChI=1S/C15H10ClNO3/c1-9-2-7-13-12(8-9)14(18)17(15(19)20-13)11-5-3-10(16)4-6-11/h2-8H,1H3. The van der Waals surface area contributed by atoms with E-state index in [9.17, 15) is 9.59 Å². The molecule has 0 saturated heterocycles. The van der Waals surface area contributed by atoms with Gasteiger partial charge < -0.3 is 4.42 Å². The van der Waals surface area contributed by atoms with Gasteiger partial charge in [0.15, 0.2) is 0 Å². The second kappa shape index (κ2) is 4.65. The van der Waals surface area contributed by atoms with Crippen molar-refractivity contribution < 1.29 is 4.42 Å². The molecule has 0 saturated carbocycles. The van der Waals surface area contributed by atoms with Gasteiger partial charge in [0.25, 0.3) is 5.56 Å². The quantitative estimate of drug-likeness (QED) is 0.691. The summed E-state index contributed by atoms with van der Waals surface area (Å²) in [5, 5.41) is 0.905. The van der Waals surface area contributed by atoms with Crippen molar-refractivity contribution in [3.63, 3.8) is 0 Å². The molecule has 0 aliphatic rings. The topological polar surface area (TPSA) is 52.2 Å². The Morgan fingerprint density at radius 2 is 1.75 bits per heavy atom.